The van der Waals surface area contributed by atoms with Crippen molar-refractivity contribution in [1.29, 1.82) is 0 Å². The molecule has 2 N–H and O–H groups in total. The van der Waals surface area contributed by atoms with E-state index in [1.807, 2.05) is 6.07 Å². The summed E-state index contributed by atoms with van der Waals surface area (Å²) in [5.41, 5.74) is 0.178. The van der Waals surface area contributed by atoms with Crippen molar-refractivity contribution in [3.8, 4) is 0 Å². The van der Waals surface area contributed by atoms with E-state index in [1.54, 1.807) is 18.4 Å². The molecule has 0 aliphatic heterocycles. The molecule has 7 heteroatoms. The Hall–Kier alpha value is -1.22. The van der Waals surface area contributed by atoms with Crippen molar-refractivity contribution >= 4 is 41.3 Å². The zero-order chi connectivity index (χ0) is 17.1. The average Bonchev–Trinajstić information content (AvgIpc) is 3.09. The van der Waals surface area contributed by atoms with Gasteiger partial charge in [0.05, 0.1) is 0 Å². The minimum Gasteiger partial charge on any atom is -0.356 e. The molecule has 1 aromatic heterocycles. The summed E-state index contributed by atoms with van der Waals surface area (Å²) in [6.45, 7) is 2.91. The highest BCUT2D eigenvalue weighted by Gasteiger charge is 2.42. The molecule has 0 amide bonds. The standard InChI is InChI=1S/C18H21F2N3S.HI/c1-11(16-7-4-8-24-16)10-22-18(21-2)23-15-9-12(15)17-13(19)5-3-6-14(17)20;/h3-8,11-12,15H,9-10H2,1-2H3,(H2,21,22,23);1H. The largest absolute Gasteiger partial charge is 0.356 e. The molecular formula is C18H22F2IN3S. The van der Waals surface area contributed by atoms with E-state index in [0.717, 1.165) is 6.54 Å². The first kappa shape index (κ1) is 20.1. The predicted octanol–water partition coefficient (Wildman–Crippen LogP) is 4.47. The molecule has 0 bridgehead atoms. The van der Waals surface area contributed by atoms with E-state index in [4.69, 9.17) is 0 Å². The summed E-state index contributed by atoms with van der Waals surface area (Å²) in [6.07, 6.45) is 0.707. The molecule has 1 fully saturated rings. The number of nitrogens with one attached hydrogen (secondary N) is 2. The van der Waals surface area contributed by atoms with Gasteiger partial charge in [-0.05, 0) is 30.0 Å². The second kappa shape index (κ2) is 8.93. The average molecular weight is 477 g/mol. The number of halogens is 3. The van der Waals surface area contributed by atoms with Crippen LogP contribution in [-0.2, 0) is 0 Å². The first-order valence-electron chi connectivity index (χ1n) is 8.04. The summed E-state index contributed by atoms with van der Waals surface area (Å²) >= 11 is 1.73. The van der Waals surface area contributed by atoms with Gasteiger partial charge >= 0.3 is 0 Å². The zero-order valence-electron chi connectivity index (χ0n) is 14.1. The maximum Gasteiger partial charge on any atom is 0.191 e. The number of hydrogen-bond acceptors (Lipinski definition) is 2. The third-order valence-electron chi connectivity index (χ3n) is 4.31. The van der Waals surface area contributed by atoms with Crippen molar-refractivity contribution in [3.05, 3.63) is 57.8 Å². The number of rotatable bonds is 5. The Kier molecular flexibility index (Phi) is 7.18. The molecule has 0 radical (unpaired) electrons. The fraction of sp³-hybridized carbons (Fsp3) is 0.389. The van der Waals surface area contributed by atoms with E-state index in [1.165, 1.54) is 23.1 Å². The van der Waals surface area contributed by atoms with Crippen molar-refractivity contribution in [2.45, 2.75) is 31.2 Å². The minimum absolute atomic E-state index is 0. The quantitative estimate of drug-likeness (QED) is 0.379. The lowest BCUT2D eigenvalue weighted by molar-refractivity contribution is 0.553. The maximum atomic E-state index is 13.8. The monoisotopic (exact) mass is 477 g/mol. The van der Waals surface area contributed by atoms with Crippen LogP contribution >= 0.6 is 35.3 Å². The van der Waals surface area contributed by atoms with E-state index in [9.17, 15) is 8.78 Å². The molecule has 2 aromatic rings. The van der Waals surface area contributed by atoms with E-state index in [2.05, 4.69) is 34.0 Å². The lowest BCUT2D eigenvalue weighted by Crippen LogP contribution is -2.40. The molecule has 1 saturated carbocycles. The Bertz CT molecular complexity index is 701. The maximum absolute atomic E-state index is 13.8. The second-order valence-electron chi connectivity index (χ2n) is 6.10. The van der Waals surface area contributed by atoms with Gasteiger partial charge in [-0.25, -0.2) is 8.78 Å². The first-order chi connectivity index (χ1) is 11.6. The molecule has 1 aliphatic carbocycles. The molecule has 3 rings (SSSR count). The Morgan fingerprint density at radius 3 is 2.60 bits per heavy atom. The fourth-order valence-electron chi connectivity index (χ4n) is 2.83. The summed E-state index contributed by atoms with van der Waals surface area (Å²) in [6, 6.07) is 8.19. The lowest BCUT2D eigenvalue weighted by Gasteiger charge is -2.15. The van der Waals surface area contributed by atoms with Crippen molar-refractivity contribution in [2.75, 3.05) is 13.6 Å². The van der Waals surface area contributed by atoms with Gasteiger partial charge in [-0.15, -0.1) is 35.3 Å². The van der Waals surface area contributed by atoms with E-state index >= 15 is 0 Å². The van der Waals surface area contributed by atoms with Gasteiger partial charge in [-0.1, -0.05) is 19.1 Å². The molecule has 1 heterocycles. The topological polar surface area (TPSA) is 36.4 Å². The highest BCUT2D eigenvalue weighted by Crippen LogP contribution is 2.43. The molecule has 3 nitrogen and oxygen atoms in total. The highest BCUT2D eigenvalue weighted by atomic mass is 127. The van der Waals surface area contributed by atoms with Crippen LogP contribution in [0.25, 0.3) is 0 Å². The van der Waals surface area contributed by atoms with Crippen molar-refractivity contribution in [2.24, 2.45) is 4.99 Å². The number of hydrogen-bond donors (Lipinski definition) is 2. The number of benzene rings is 1. The summed E-state index contributed by atoms with van der Waals surface area (Å²) < 4.78 is 27.7. The van der Waals surface area contributed by atoms with Gasteiger partial charge in [0, 0.05) is 41.9 Å². The molecule has 1 aromatic carbocycles. The fourth-order valence-corrected chi connectivity index (χ4v) is 3.62. The molecule has 25 heavy (non-hydrogen) atoms. The molecule has 136 valence electrons. The lowest BCUT2D eigenvalue weighted by atomic mass is 10.1. The van der Waals surface area contributed by atoms with Gasteiger partial charge in [0.1, 0.15) is 11.6 Å². The molecule has 0 spiro atoms. The summed E-state index contributed by atoms with van der Waals surface area (Å²) in [4.78, 5) is 5.52. The van der Waals surface area contributed by atoms with Crippen LogP contribution in [0.1, 0.15) is 35.6 Å². The van der Waals surface area contributed by atoms with Crippen LogP contribution in [0.3, 0.4) is 0 Å². The van der Waals surface area contributed by atoms with Gasteiger partial charge in [0.25, 0.3) is 0 Å². The molecule has 1 aliphatic rings. The smallest absolute Gasteiger partial charge is 0.191 e. The second-order valence-corrected chi connectivity index (χ2v) is 7.08. The van der Waals surface area contributed by atoms with Crippen LogP contribution in [0.2, 0.25) is 0 Å². The molecular weight excluding hydrogens is 455 g/mol. The third kappa shape index (κ3) is 4.91. The van der Waals surface area contributed by atoms with Crippen molar-refractivity contribution < 1.29 is 8.78 Å². The Morgan fingerprint density at radius 1 is 1.28 bits per heavy atom. The molecule has 0 saturated heterocycles. The van der Waals surface area contributed by atoms with Crippen LogP contribution in [0.15, 0.2) is 40.7 Å². The van der Waals surface area contributed by atoms with Crippen LogP contribution < -0.4 is 10.6 Å². The number of aliphatic imine (C=N–C) groups is 1. The van der Waals surface area contributed by atoms with E-state index in [0.29, 0.717) is 18.3 Å². The number of thiophene rings is 1. The Morgan fingerprint density at radius 2 is 2.00 bits per heavy atom. The predicted molar refractivity (Wildman–Crippen MR) is 110 cm³/mol. The van der Waals surface area contributed by atoms with Crippen molar-refractivity contribution in [3.63, 3.8) is 0 Å². The van der Waals surface area contributed by atoms with Gasteiger partial charge in [-0.3, -0.25) is 4.99 Å². The summed E-state index contributed by atoms with van der Waals surface area (Å²) in [7, 11) is 1.70. The van der Waals surface area contributed by atoms with Gasteiger partial charge in [0.15, 0.2) is 5.96 Å². The van der Waals surface area contributed by atoms with Gasteiger partial charge < -0.3 is 10.6 Å². The van der Waals surface area contributed by atoms with Gasteiger partial charge in [-0.2, -0.15) is 0 Å². The number of nitrogens with zero attached hydrogens (tertiary/aromatic N) is 1. The summed E-state index contributed by atoms with van der Waals surface area (Å²) in [5, 5.41) is 8.61. The Balaban J connectivity index is 0.00000225. The highest BCUT2D eigenvalue weighted by molar-refractivity contribution is 14.0. The SMILES string of the molecule is CN=C(NCC(C)c1cccs1)NC1CC1c1c(F)cccc1F.I. The van der Waals surface area contributed by atoms with Crippen LogP contribution in [0, 0.1) is 11.6 Å². The minimum atomic E-state index is -0.474. The molecule has 3 unspecified atom stereocenters. The van der Waals surface area contributed by atoms with Gasteiger partial charge in [0.2, 0.25) is 0 Å². The van der Waals surface area contributed by atoms with Crippen LogP contribution in [0.5, 0.6) is 0 Å². The third-order valence-corrected chi connectivity index (χ3v) is 5.42. The van der Waals surface area contributed by atoms with E-state index in [-0.39, 0.29) is 41.5 Å². The van der Waals surface area contributed by atoms with Crippen LogP contribution in [-0.4, -0.2) is 25.6 Å². The van der Waals surface area contributed by atoms with Crippen LogP contribution in [0.4, 0.5) is 8.78 Å². The van der Waals surface area contributed by atoms with E-state index < -0.39 is 11.6 Å². The first-order valence-corrected chi connectivity index (χ1v) is 8.92. The van der Waals surface area contributed by atoms with Crippen molar-refractivity contribution in [1.82, 2.24) is 10.6 Å². The summed E-state index contributed by atoms with van der Waals surface area (Å²) in [5.74, 6) is -0.0400. The molecule has 3 atom stereocenters. The Labute approximate surface area is 168 Å². The normalized spacial score (nSPS) is 20.6. The zero-order valence-corrected chi connectivity index (χ0v) is 17.3. The number of guanidine groups is 1.